The summed E-state index contributed by atoms with van der Waals surface area (Å²) in [5, 5.41) is 16.0. The molecule has 0 aromatic heterocycles. The average molecular weight is 424 g/mol. The van der Waals surface area contributed by atoms with Crippen LogP contribution in [-0.2, 0) is 20.7 Å². The van der Waals surface area contributed by atoms with Gasteiger partial charge in [0.25, 0.3) is 0 Å². The number of esters is 1. The third kappa shape index (κ3) is 9.43. The number of nitrogens with zero attached hydrogens (tertiary/aromatic N) is 1. The number of morpholine rings is 1. The fraction of sp³-hybridized carbons (Fsp3) is 0.619. The van der Waals surface area contributed by atoms with Gasteiger partial charge in [-0.2, -0.15) is 0 Å². The summed E-state index contributed by atoms with van der Waals surface area (Å²) in [5.74, 6) is 0.459. The van der Waals surface area contributed by atoms with E-state index in [1.165, 1.54) is 0 Å². The molecule has 1 aromatic carbocycles. The Labute approximate surface area is 177 Å². The number of urea groups is 1. The fourth-order valence-corrected chi connectivity index (χ4v) is 2.89. The molecule has 1 unspecified atom stereocenters. The van der Waals surface area contributed by atoms with Gasteiger partial charge >= 0.3 is 12.0 Å². The summed E-state index contributed by atoms with van der Waals surface area (Å²) in [6, 6.07) is 7.35. The molecule has 168 valence electrons. The molecule has 1 aliphatic rings. The molecule has 2 amide bonds. The van der Waals surface area contributed by atoms with Gasteiger partial charge in [0.05, 0.1) is 19.8 Å². The molecule has 1 heterocycles. The van der Waals surface area contributed by atoms with Gasteiger partial charge in [-0.15, -0.1) is 0 Å². The largest absolute Gasteiger partial charge is 0.491 e. The Morgan fingerprint density at radius 3 is 2.63 bits per heavy atom. The quantitative estimate of drug-likeness (QED) is 0.333. The maximum atomic E-state index is 11.9. The molecule has 0 aliphatic carbocycles. The summed E-state index contributed by atoms with van der Waals surface area (Å²) in [6.45, 7) is 6.13. The molecule has 1 aliphatic heterocycles. The van der Waals surface area contributed by atoms with Crippen LogP contribution in [0.3, 0.4) is 0 Å². The molecule has 9 nitrogen and oxygen atoms in total. The highest BCUT2D eigenvalue weighted by molar-refractivity contribution is 5.74. The number of nitrogens with one attached hydrogen (secondary N) is 2. The van der Waals surface area contributed by atoms with Crippen molar-refractivity contribution in [1.82, 2.24) is 15.5 Å². The van der Waals surface area contributed by atoms with Crippen LogP contribution >= 0.6 is 0 Å². The SMILES string of the molecule is CCOC(=O)CCc1ccc(OCC(O)CNCCNC(=O)N2CCOCC2)cc1. The first-order chi connectivity index (χ1) is 14.6. The first-order valence-electron chi connectivity index (χ1n) is 10.4. The zero-order valence-corrected chi connectivity index (χ0v) is 17.6. The fourth-order valence-electron chi connectivity index (χ4n) is 2.89. The highest BCUT2D eigenvalue weighted by Gasteiger charge is 2.15. The molecule has 3 N–H and O–H groups in total. The summed E-state index contributed by atoms with van der Waals surface area (Å²) in [4.78, 5) is 25.0. The summed E-state index contributed by atoms with van der Waals surface area (Å²) >= 11 is 0. The van der Waals surface area contributed by atoms with Gasteiger partial charge in [-0.25, -0.2) is 4.79 Å². The third-order valence-corrected chi connectivity index (χ3v) is 4.55. The molecule has 9 heteroatoms. The zero-order valence-electron chi connectivity index (χ0n) is 17.6. The summed E-state index contributed by atoms with van der Waals surface area (Å²) < 4.78 is 15.7. The van der Waals surface area contributed by atoms with E-state index in [1.54, 1.807) is 11.8 Å². The standard InChI is InChI=1S/C21H33N3O6/c1-2-29-20(26)8-5-17-3-6-19(7-4-17)30-16-18(25)15-22-9-10-23-21(27)24-11-13-28-14-12-24/h3-4,6-7,18,22,25H,2,5,8-16H2,1H3,(H,23,27). The van der Waals surface area contributed by atoms with Crippen LogP contribution in [0.4, 0.5) is 4.79 Å². The second-order valence-corrected chi connectivity index (χ2v) is 6.95. The van der Waals surface area contributed by atoms with E-state index in [0.717, 1.165) is 5.56 Å². The van der Waals surface area contributed by atoms with Crippen molar-refractivity contribution >= 4 is 12.0 Å². The molecular weight excluding hydrogens is 390 g/mol. The first-order valence-corrected chi connectivity index (χ1v) is 10.4. The van der Waals surface area contributed by atoms with Crippen LogP contribution in [0.2, 0.25) is 0 Å². The molecule has 0 radical (unpaired) electrons. The van der Waals surface area contributed by atoms with E-state index in [-0.39, 0.29) is 18.6 Å². The number of aliphatic hydroxyl groups excluding tert-OH is 1. The van der Waals surface area contributed by atoms with Crippen LogP contribution in [0.25, 0.3) is 0 Å². The van der Waals surface area contributed by atoms with Crippen molar-refractivity contribution in [3.63, 3.8) is 0 Å². The Kier molecular flexibility index (Phi) is 11.0. The minimum atomic E-state index is -0.663. The second-order valence-electron chi connectivity index (χ2n) is 6.95. The number of rotatable bonds is 12. The van der Waals surface area contributed by atoms with Crippen LogP contribution in [-0.4, -0.2) is 87.3 Å². The van der Waals surface area contributed by atoms with Crippen LogP contribution in [0.1, 0.15) is 18.9 Å². The minimum absolute atomic E-state index is 0.0883. The van der Waals surface area contributed by atoms with Crippen molar-refractivity contribution < 1.29 is 28.9 Å². The van der Waals surface area contributed by atoms with Crippen molar-refractivity contribution in [3.05, 3.63) is 29.8 Å². The molecule has 0 saturated carbocycles. The number of aryl methyl sites for hydroxylation is 1. The van der Waals surface area contributed by atoms with Crippen LogP contribution in [0.5, 0.6) is 5.75 Å². The molecular formula is C21H33N3O6. The Morgan fingerprint density at radius 2 is 1.93 bits per heavy atom. The van der Waals surface area contributed by atoms with Crippen LogP contribution < -0.4 is 15.4 Å². The number of carbonyl (C=O) groups is 2. The van der Waals surface area contributed by atoms with Gasteiger partial charge in [0.1, 0.15) is 18.5 Å². The molecule has 1 atom stereocenters. The lowest BCUT2D eigenvalue weighted by molar-refractivity contribution is -0.143. The van der Waals surface area contributed by atoms with E-state index in [9.17, 15) is 14.7 Å². The lowest BCUT2D eigenvalue weighted by atomic mass is 10.1. The van der Waals surface area contributed by atoms with Gasteiger partial charge in [-0.1, -0.05) is 12.1 Å². The van der Waals surface area contributed by atoms with E-state index in [1.807, 2.05) is 24.3 Å². The van der Waals surface area contributed by atoms with Crippen LogP contribution in [0.15, 0.2) is 24.3 Å². The molecule has 0 bridgehead atoms. The Balaban J connectivity index is 1.53. The maximum absolute atomic E-state index is 11.9. The number of ether oxygens (including phenoxy) is 3. The summed E-state index contributed by atoms with van der Waals surface area (Å²) in [6.07, 6.45) is 0.308. The maximum Gasteiger partial charge on any atom is 0.317 e. The molecule has 30 heavy (non-hydrogen) atoms. The first kappa shape index (κ1) is 23.9. The molecule has 1 aromatic rings. The lowest BCUT2D eigenvalue weighted by Crippen LogP contribution is -2.47. The average Bonchev–Trinajstić information content (AvgIpc) is 2.77. The van der Waals surface area contributed by atoms with Gasteiger partial charge < -0.3 is 34.9 Å². The number of hydrogen-bond donors (Lipinski definition) is 3. The van der Waals surface area contributed by atoms with Gasteiger partial charge in [-0.05, 0) is 31.0 Å². The summed E-state index contributed by atoms with van der Waals surface area (Å²) in [5.41, 5.74) is 1.02. The normalized spacial score (nSPS) is 14.8. The highest BCUT2D eigenvalue weighted by Crippen LogP contribution is 2.14. The Bertz CT molecular complexity index is 634. The van der Waals surface area contributed by atoms with E-state index < -0.39 is 6.10 Å². The number of hydrogen-bond acceptors (Lipinski definition) is 7. The predicted octanol–water partition coefficient (Wildman–Crippen LogP) is 0.553. The van der Waals surface area contributed by atoms with Crippen molar-refractivity contribution in [2.45, 2.75) is 25.9 Å². The number of carbonyl (C=O) groups excluding carboxylic acids is 2. The van der Waals surface area contributed by atoms with Crippen molar-refractivity contribution in [3.8, 4) is 5.75 Å². The molecule has 1 saturated heterocycles. The van der Waals surface area contributed by atoms with Gasteiger partial charge in [0.15, 0.2) is 0 Å². The minimum Gasteiger partial charge on any atom is -0.491 e. The third-order valence-electron chi connectivity index (χ3n) is 4.55. The lowest BCUT2D eigenvalue weighted by Gasteiger charge is -2.27. The Morgan fingerprint density at radius 1 is 1.20 bits per heavy atom. The van der Waals surface area contributed by atoms with Crippen LogP contribution in [0, 0.1) is 0 Å². The predicted molar refractivity (Wildman–Crippen MR) is 112 cm³/mol. The summed E-state index contributed by atoms with van der Waals surface area (Å²) in [7, 11) is 0. The van der Waals surface area contributed by atoms with Crippen molar-refractivity contribution in [2.75, 3.05) is 59.2 Å². The monoisotopic (exact) mass is 423 g/mol. The number of amides is 2. The van der Waals surface area contributed by atoms with Gasteiger partial charge in [0, 0.05) is 39.1 Å². The van der Waals surface area contributed by atoms with E-state index in [0.29, 0.717) is 71.1 Å². The van der Waals surface area contributed by atoms with Crippen molar-refractivity contribution in [1.29, 1.82) is 0 Å². The molecule has 2 rings (SSSR count). The zero-order chi connectivity index (χ0) is 21.6. The smallest absolute Gasteiger partial charge is 0.317 e. The van der Waals surface area contributed by atoms with Gasteiger partial charge in [-0.3, -0.25) is 4.79 Å². The van der Waals surface area contributed by atoms with E-state index >= 15 is 0 Å². The second kappa shape index (κ2) is 13.8. The van der Waals surface area contributed by atoms with Gasteiger partial charge in [0.2, 0.25) is 0 Å². The number of benzene rings is 1. The van der Waals surface area contributed by atoms with Crippen molar-refractivity contribution in [2.24, 2.45) is 0 Å². The van der Waals surface area contributed by atoms with E-state index in [4.69, 9.17) is 14.2 Å². The highest BCUT2D eigenvalue weighted by atomic mass is 16.5. The Hall–Kier alpha value is -2.36. The molecule has 0 spiro atoms. The topological polar surface area (TPSA) is 109 Å². The number of aliphatic hydroxyl groups is 1. The van der Waals surface area contributed by atoms with E-state index in [2.05, 4.69) is 10.6 Å². The molecule has 1 fully saturated rings.